The van der Waals surface area contributed by atoms with Crippen LogP contribution in [0, 0.1) is 0 Å². The Balaban J connectivity index is 1.50. The van der Waals surface area contributed by atoms with E-state index >= 15 is 0 Å². The molecule has 1 spiro atoms. The zero-order valence-electron chi connectivity index (χ0n) is 16.7. The predicted octanol–water partition coefficient (Wildman–Crippen LogP) is 4.13. The van der Waals surface area contributed by atoms with E-state index < -0.39 is 10.0 Å². The second-order valence-electron chi connectivity index (χ2n) is 8.15. The van der Waals surface area contributed by atoms with Crippen LogP contribution in [0.3, 0.4) is 0 Å². The minimum absolute atomic E-state index is 0.0125. The van der Waals surface area contributed by atoms with Gasteiger partial charge in [0.25, 0.3) is 0 Å². The molecule has 2 aromatic rings. The van der Waals surface area contributed by atoms with E-state index in [4.69, 9.17) is 0 Å². The highest BCUT2D eigenvalue weighted by Crippen LogP contribution is 2.39. The van der Waals surface area contributed by atoms with E-state index in [0.29, 0.717) is 13.1 Å². The van der Waals surface area contributed by atoms with Crippen LogP contribution in [0.1, 0.15) is 38.2 Å². The Kier molecular flexibility index (Phi) is 5.59. The first-order valence-electron chi connectivity index (χ1n) is 10.4. The van der Waals surface area contributed by atoms with Crippen molar-refractivity contribution >= 4 is 10.0 Å². The molecule has 2 fully saturated rings. The molecular weight excluding hydrogens is 368 g/mol. The van der Waals surface area contributed by atoms with Crippen LogP contribution in [0.4, 0.5) is 0 Å². The fourth-order valence-corrected chi connectivity index (χ4v) is 6.06. The van der Waals surface area contributed by atoms with E-state index in [2.05, 4.69) is 53.4 Å². The predicted molar refractivity (Wildman–Crippen MR) is 115 cm³/mol. The first-order valence-corrected chi connectivity index (χ1v) is 12.0. The highest BCUT2D eigenvalue weighted by Gasteiger charge is 2.45. The summed E-state index contributed by atoms with van der Waals surface area (Å²) >= 11 is 0. The summed E-state index contributed by atoms with van der Waals surface area (Å²) in [6.45, 7) is 5.04. The van der Waals surface area contributed by atoms with E-state index in [1.54, 1.807) is 11.2 Å². The van der Waals surface area contributed by atoms with Crippen molar-refractivity contribution in [1.82, 2.24) is 9.21 Å². The summed E-state index contributed by atoms with van der Waals surface area (Å²) in [5.74, 6) is 0.198. The van der Waals surface area contributed by atoms with Gasteiger partial charge in [0.1, 0.15) is 0 Å². The van der Waals surface area contributed by atoms with Gasteiger partial charge in [-0.05, 0) is 55.8 Å². The summed E-state index contributed by atoms with van der Waals surface area (Å²) < 4.78 is 26.6. The van der Waals surface area contributed by atoms with Crippen LogP contribution < -0.4 is 0 Å². The fourth-order valence-electron chi connectivity index (χ4n) is 4.85. The van der Waals surface area contributed by atoms with Crippen molar-refractivity contribution in [2.24, 2.45) is 0 Å². The molecule has 2 saturated heterocycles. The minimum atomic E-state index is -3.11. The number of nitrogens with zero attached hydrogens (tertiary/aromatic N) is 2. The van der Waals surface area contributed by atoms with E-state index in [0.717, 1.165) is 38.8 Å². The van der Waals surface area contributed by atoms with Crippen LogP contribution in [0.25, 0.3) is 11.1 Å². The van der Waals surface area contributed by atoms with Crippen molar-refractivity contribution < 1.29 is 8.42 Å². The van der Waals surface area contributed by atoms with Crippen LogP contribution in [-0.4, -0.2) is 48.5 Å². The molecule has 0 amide bonds. The fraction of sp³-hybridized carbons (Fsp3) is 0.478. The number of likely N-dealkylation sites (tertiary alicyclic amines) is 1. The van der Waals surface area contributed by atoms with Crippen molar-refractivity contribution in [2.45, 2.75) is 44.7 Å². The van der Waals surface area contributed by atoms with Crippen molar-refractivity contribution in [3.63, 3.8) is 0 Å². The molecule has 2 aliphatic rings. The molecule has 0 unspecified atom stereocenters. The van der Waals surface area contributed by atoms with Gasteiger partial charge in [0.05, 0.1) is 5.75 Å². The molecular formula is C23H30N2O2S. The molecule has 28 heavy (non-hydrogen) atoms. The summed E-state index contributed by atoms with van der Waals surface area (Å²) in [7, 11) is -3.11. The molecule has 0 radical (unpaired) electrons. The van der Waals surface area contributed by atoms with E-state index in [1.165, 1.54) is 16.7 Å². The number of hydrogen-bond acceptors (Lipinski definition) is 3. The molecule has 2 aliphatic heterocycles. The lowest BCUT2D eigenvalue weighted by molar-refractivity contribution is 0.0680. The number of rotatable bonds is 5. The number of piperidine rings is 1. The molecule has 0 N–H and O–H groups in total. The van der Waals surface area contributed by atoms with E-state index in [9.17, 15) is 8.42 Å². The van der Waals surface area contributed by atoms with Gasteiger partial charge in [0, 0.05) is 25.2 Å². The van der Waals surface area contributed by atoms with Crippen LogP contribution in [0.2, 0.25) is 0 Å². The standard InChI is InChI=1S/C23H30N2O2S/c1-2-28(26,27)25-17-7-15-23(19-25)14-6-16-24(23)18-20-10-12-22(13-11-20)21-8-4-3-5-9-21/h3-5,8-13H,2,6-7,14-19H2,1H3/t23-/m0/s1. The maximum atomic E-state index is 12.4. The lowest BCUT2D eigenvalue weighted by Crippen LogP contribution is -2.56. The first kappa shape index (κ1) is 19.6. The smallest absolute Gasteiger partial charge is 0.213 e. The number of hydrogen-bond donors (Lipinski definition) is 0. The lowest BCUT2D eigenvalue weighted by Gasteiger charge is -2.45. The Morgan fingerprint density at radius 3 is 2.21 bits per heavy atom. The van der Waals surface area contributed by atoms with Crippen LogP contribution in [0.15, 0.2) is 54.6 Å². The molecule has 0 aliphatic carbocycles. The van der Waals surface area contributed by atoms with Gasteiger partial charge in [0.2, 0.25) is 10.0 Å². The van der Waals surface area contributed by atoms with Gasteiger partial charge in [0.15, 0.2) is 0 Å². The van der Waals surface area contributed by atoms with Crippen molar-refractivity contribution in [3.05, 3.63) is 60.2 Å². The molecule has 2 heterocycles. The van der Waals surface area contributed by atoms with Crippen molar-refractivity contribution in [3.8, 4) is 11.1 Å². The van der Waals surface area contributed by atoms with Crippen molar-refractivity contribution in [2.75, 3.05) is 25.4 Å². The lowest BCUT2D eigenvalue weighted by atomic mass is 9.87. The number of sulfonamides is 1. The van der Waals surface area contributed by atoms with Crippen molar-refractivity contribution in [1.29, 1.82) is 0 Å². The second-order valence-corrected chi connectivity index (χ2v) is 10.4. The molecule has 4 nitrogen and oxygen atoms in total. The van der Waals surface area contributed by atoms with Gasteiger partial charge >= 0.3 is 0 Å². The summed E-state index contributed by atoms with van der Waals surface area (Å²) in [5.41, 5.74) is 3.78. The summed E-state index contributed by atoms with van der Waals surface area (Å²) in [6.07, 6.45) is 4.32. The van der Waals surface area contributed by atoms with Crippen LogP contribution in [-0.2, 0) is 16.6 Å². The monoisotopic (exact) mass is 398 g/mol. The van der Waals surface area contributed by atoms with Crippen LogP contribution >= 0.6 is 0 Å². The molecule has 0 aromatic heterocycles. The molecule has 4 rings (SSSR count). The largest absolute Gasteiger partial charge is 0.292 e. The van der Waals surface area contributed by atoms with Gasteiger partial charge in [-0.2, -0.15) is 0 Å². The highest BCUT2D eigenvalue weighted by molar-refractivity contribution is 7.89. The first-order chi connectivity index (χ1) is 13.5. The van der Waals surface area contributed by atoms with Gasteiger partial charge in [-0.15, -0.1) is 0 Å². The van der Waals surface area contributed by atoms with E-state index in [-0.39, 0.29) is 11.3 Å². The molecule has 150 valence electrons. The summed E-state index contributed by atoms with van der Waals surface area (Å²) in [4.78, 5) is 2.54. The Morgan fingerprint density at radius 1 is 0.893 bits per heavy atom. The quantitative estimate of drug-likeness (QED) is 0.760. The molecule has 5 heteroatoms. The third-order valence-corrected chi connectivity index (χ3v) is 8.28. The summed E-state index contributed by atoms with van der Waals surface area (Å²) in [6, 6.07) is 19.3. The third-order valence-electron chi connectivity index (χ3n) is 6.45. The Morgan fingerprint density at radius 2 is 1.54 bits per heavy atom. The Labute approximate surface area is 169 Å². The molecule has 1 atom stereocenters. The van der Waals surface area contributed by atoms with Gasteiger partial charge in [-0.3, -0.25) is 4.90 Å². The minimum Gasteiger partial charge on any atom is -0.292 e. The van der Waals surface area contributed by atoms with Gasteiger partial charge in [-0.25, -0.2) is 12.7 Å². The third kappa shape index (κ3) is 3.88. The maximum absolute atomic E-state index is 12.4. The molecule has 0 saturated carbocycles. The maximum Gasteiger partial charge on any atom is 0.213 e. The Bertz CT molecular complexity index is 896. The van der Waals surface area contributed by atoms with Crippen LogP contribution in [0.5, 0.6) is 0 Å². The average molecular weight is 399 g/mol. The second kappa shape index (κ2) is 7.97. The highest BCUT2D eigenvalue weighted by atomic mass is 32.2. The zero-order valence-corrected chi connectivity index (χ0v) is 17.5. The van der Waals surface area contributed by atoms with E-state index in [1.807, 2.05) is 6.07 Å². The average Bonchev–Trinajstić information content (AvgIpc) is 3.10. The van der Waals surface area contributed by atoms with Gasteiger partial charge in [-0.1, -0.05) is 54.6 Å². The Hall–Kier alpha value is -1.69. The SMILES string of the molecule is CCS(=O)(=O)N1CCC[C@@]2(CCCN2Cc2ccc(-c3ccccc3)cc2)C1. The zero-order chi connectivity index (χ0) is 19.6. The topological polar surface area (TPSA) is 40.6 Å². The molecule has 2 aromatic carbocycles. The molecule has 0 bridgehead atoms. The summed E-state index contributed by atoms with van der Waals surface area (Å²) in [5, 5.41) is 0. The number of benzene rings is 2. The van der Waals surface area contributed by atoms with Gasteiger partial charge < -0.3 is 0 Å². The normalized spacial score (nSPS) is 24.0.